The fourth-order valence-corrected chi connectivity index (χ4v) is 5.05. The normalized spacial score (nSPS) is 20.4. The van der Waals surface area contributed by atoms with Gasteiger partial charge in [0.25, 0.3) is 5.22 Å². The number of hydrogen-bond acceptors (Lipinski definition) is 7. The Morgan fingerprint density at radius 3 is 2.25 bits per heavy atom. The van der Waals surface area contributed by atoms with Crippen molar-refractivity contribution < 1.29 is 18.8 Å². The van der Waals surface area contributed by atoms with Crippen molar-refractivity contribution in [1.82, 2.24) is 10.2 Å². The maximum Gasteiger partial charge on any atom is 0.277 e. The van der Waals surface area contributed by atoms with Crippen LogP contribution in [0, 0.1) is 11.8 Å². The van der Waals surface area contributed by atoms with Crippen molar-refractivity contribution in [3.05, 3.63) is 60.2 Å². The number of Topliss-reactive ketones (excluding diaryl/α,β-unsaturated/α-hetero) is 1. The number of anilines is 1. The summed E-state index contributed by atoms with van der Waals surface area (Å²) in [5.74, 6) is -0.158. The van der Waals surface area contributed by atoms with E-state index in [4.69, 9.17) is 4.42 Å². The van der Waals surface area contributed by atoms with Gasteiger partial charge >= 0.3 is 0 Å². The van der Waals surface area contributed by atoms with E-state index in [9.17, 15) is 14.4 Å². The molecule has 7 nitrogen and oxygen atoms in total. The Labute approximate surface area is 189 Å². The molecule has 1 saturated heterocycles. The van der Waals surface area contributed by atoms with Crippen LogP contribution in [-0.2, 0) is 9.59 Å². The molecule has 2 fully saturated rings. The number of aromatic nitrogens is 2. The number of rotatable bonds is 6. The van der Waals surface area contributed by atoms with E-state index in [1.807, 2.05) is 30.3 Å². The molecule has 0 N–H and O–H groups in total. The maximum absolute atomic E-state index is 12.7. The van der Waals surface area contributed by atoms with Gasteiger partial charge < -0.3 is 4.42 Å². The minimum atomic E-state index is -0.191. The second kappa shape index (κ2) is 8.70. The topological polar surface area (TPSA) is 93.4 Å². The summed E-state index contributed by atoms with van der Waals surface area (Å²) in [6, 6.07) is 16.1. The first-order chi connectivity index (χ1) is 15.6. The van der Waals surface area contributed by atoms with Crippen LogP contribution in [0.4, 0.5) is 5.69 Å². The lowest BCUT2D eigenvalue weighted by atomic mass is 9.81. The van der Waals surface area contributed by atoms with Gasteiger partial charge in [0.2, 0.25) is 17.7 Å². The second-order valence-corrected chi connectivity index (χ2v) is 8.93. The molecule has 2 amide bonds. The summed E-state index contributed by atoms with van der Waals surface area (Å²) in [5.41, 5.74) is 1.85. The van der Waals surface area contributed by atoms with Crippen LogP contribution in [0.5, 0.6) is 0 Å². The molecule has 1 aliphatic heterocycles. The van der Waals surface area contributed by atoms with Gasteiger partial charge in [-0.25, -0.2) is 0 Å². The number of carbonyl (C=O) groups excluding carboxylic acids is 3. The molecular formula is C24H21N3O4S. The van der Waals surface area contributed by atoms with Crippen molar-refractivity contribution in [2.24, 2.45) is 11.8 Å². The van der Waals surface area contributed by atoms with Crippen LogP contribution in [0.1, 0.15) is 36.0 Å². The molecule has 1 aliphatic carbocycles. The number of nitrogens with zero attached hydrogens (tertiary/aromatic N) is 3. The van der Waals surface area contributed by atoms with Crippen molar-refractivity contribution in [1.29, 1.82) is 0 Å². The Balaban J connectivity index is 1.23. The van der Waals surface area contributed by atoms with Crippen LogP contribution in [0.2, 0.25) is 0 Å². The van der Waals surface area contributed by atoms with Crippen LogP contribution in [-0.4, -0.2) is 33.5 Å². The van der Waals surface area contributed by atoms with E-state index in [1.54, 1.807) is 24.3 Å². The third kappa shape index (κ3) is 3.86. The van der Waals surface area contributed by atoms with E-state index in [2.05, 4.69) is 10.2 Å². The first-order valence-corrected chi connectivity index (χ1v) is 11.6. The van der Waals surface area contributed by atoms with Crippen molar-refractivity contribution in [2.75, 3.05) is 10.7 Å². The van der Waals surface area contributed by atoms with Crippen molar-refractivity contribution >= 4 is 35.0 Å². The highest BCUT2D eigenvalue weighted by Gasteiger charge is 2.48. The number of hydrogen-bond donors (Lipinski definition) is 0. The molecule has 162 valence electrons. The molecule has 2 aromatic carbocycles. The van der Waals surface area contributed by atoms with Crippen LogP contribution in [0.15, 0.2) is 64.2 Å². The standard InChI is InChI=1S/C24H21N3O4S/c28-20(14-32-24-26-25-21(31-24)16-6-2-1-3-7-16)15-10-12-17(13-11-15)27-22(29)18-8-4-5-9-19(18)23(27)30/h1-3,6-7,10-13,18-19H,4-5,8-9,14H2/t18-,19-/m1/s1. The molecule has 1 saturated carbocycles. The van der Waals surface area contributed by atoms with Crippen LogP contribution < -0.4 is 4.90 Å². The first-order valence-electron chi connectivity index (χ1n) is 10.6. The molecule has 0 bridgehead atoms. The van der Waals surface area contributed by atoms with Crippen molar-refractivity contribution in [2.45, 2.75) is 30.9 Å². The molecule has 8 heteroatoms. The number of fused-ring (bicyclic) bond motifs is 1. The number of thioether (sulfide) groups is 1. The fourth-order valence-electron chi connectivity index (χ4n) is 4.39. The quantitative estimate of drug-likeness (QED) is 0.314. The third-order valence-electron chi connectivity index (χ3n) is 6.04. The van der Waals surface area contributed by atoms with Crippen LogP contribution in [0.3, 0.4) is 0 Å². The predicted molar refractivity (Wildman–Crippen MR) is 119 cm³/mol. The molecule has 0 radical (unpaired) electrons. The zero-order valence-electron chi connectivity index (χ0n) is 17.3. The van der Waals surface area contributed by atoms with Crippen molar-refractivity contribution in [3.8, 4) is 11.5 Å². The Kier molecular flexibility index (Phi) is 5.61. The van der Waals surface area contributed by atoms with Gasteiger partial charge in [-0.15, -0.1) is 10.2 Å². The summed E-state index contributed by atoms with van der Waals surface area (Å²) in [6.07, 6.45) is 3.54. The van der Waals surface area contributed by atoms with Gasteiger partial charge in [0, 0.05) is 11.1 Å². The summed E-state index contributed by atoms with van der Waals surface area (Å²) in [4.78, 5) is 39.4. The zero-order chi connectivity index (χ0) is 22.1. The smallest absolute Gasteiger partial charge is 0.277 e. The van der Waals surface area contributed by atoms with E-state index in [0.717, 1.165) is 31.2 Å². The molecule has 1 aromatic heterocycles. The average Bonchev–Trinajstić information content (AvgIpc) is 3.41. The Morgan fingerprint density at radius 1 is 0.938 bits per heavy atom. The predicted octanol–water partition coefficient (Wildman–Crippen LogP) is 4.39. The van der Waals surface area contributed by atoms with Gasteiger partial charge in [0.15, 0.2) is 5.78 Å². The second-order valence-electron chi connectivity index (χ2n) is 8.01. The maximum atomic E-state index is 12.7. The Hall–Kier alpha value is -3.26. The van der Waals surface area contributed by atoms with Crippen LogP contribution in [0.25, 0.3) is 11.5 Å². The number of ketones is 1. The Morgan fingerprint density at radius 2 is 1.59 bits per heavy atom. The highest BCUT2D eigenvalue weighted by atomic mass is 32.2. The van der Waals surface area contributed by atoms with E-state index in [-0.39, 0.29) is 35.2 Å². The molecule has 32 heavy (non-hydrogen) atoms. The summed E-state index contributed by atoms with van der Waals surface area (Å²) in [6.45, 7) is 0. The number of benzene rings is 2. The molecule has 2 atom stereocenters. The molecular weight excluding hydrogens is 426 g/mol. The minimum absolute atomic E-state index is 0.103. The molecule has 3 aromatic rings. The third-order valence-corrected chi connectivity index (χ3v) is 6.86. The summed E-state index contributed by atoms with van der Waals surface area (Å²) in [7, 11) is 0. The first kappa shape index (κ1) is 20.6. The van der Waals surface area contributed by atoms with Crippen LogP contribution >= 0.6 is 11.8 Å². The molecule has 0 unspecified atom stereocenters. The number of amides is 2. The average molecular weight is 448 g/mol. The SMILES string of the molecule is O=C(CSc1nnc(-c2ccccc2)o1)c1ccc(N2C(=O)[C@@H]3CCCC[C@H]3C2=O)cc1. The lowest BCUT2D eigenvalue weighted by Gasteiger charge is -2.19. The van der Waals surface area contributed by atoms with E-state index >= 15 is 0 Å². The van der Waals surface area contributed by atoms with Gasteiger partial charge in [0.05, 0.1) is 23.3 Å². The monoisotopic (exact) mass is 447 g/mol. The van der Waals surface area contributed by atoms with E-state index < -0.39 is 0 Å². The van der Waals surface area contributed by atoms with Gasteiger partial charge in [0.1, 0.15) is 0 Å². The molecule has 5 rings (SSSR count). The lowest BCUT2D eigenvalue weighted by Crippen LogP contribution is -2.30. The highest BCUT2D eigenvalue weighted by molar-refractivity contribution is 7.99. The molecule has 2 aliphatic rings. The lowest BCUT2D eigenvalue weighted by molar-refractivity contribution is -0.122. The van der Waals surface area contributed by atoms with Gasteiger partial charge in [-0.3, -0.25) is 19.3 Å². The fraction of sp³-hybridized carbons (Fsp3) is 0.292. The molecule has 0 spiro atoms. The van der Waals surface area contributed by atoms with Crippen molar-refractivity contribution in [3.63, 3.8) is 0 Å². The molecule has 2 heterocycles. The van der Waals surface area contributed by atoms with Gasteiger partial charge in [-0.05, 0) is 49.2 Å². The largest absolute Gasteiger partial charge is 0.411 e. The highest BCUT2D eigenvalue weighted by Crippen LogP contribution is 2.40. The Bertz CT molecular complexity index is 1140. The summed E-state index contributed by atoms with van der Waals surface area (Å²) >= 11 is 1.17. The van der Waals surface area contributed by atoms with Gasteiger partial charge in [-0.1, -0.05) is 42.8 Å². The van der Waals surface area contributed by atoms with Gasteiger partial charge in [-0.2, -0.15) is 0 Å². The van der Waals surface area contributed by atoms with E-state index in [0.29, 0.717) is 22.4 Å². The zero-order valence-corrected chi connectivity index (χ0v) is 18.1. The summed E-state index contributed by atoms with van der Waals surface area (Å²) in [5, 5.41) is 8.33. The number of imide groups is 1. The van der Waals surface area contributed by atoms with E-state index in [1.165, 1.54) is 16.7 Å². The minimum Gasteiger partial charge on any atom is -0.411 e. The number of carbonyl (C=O) groups is 3. The summed E-state index contributed by atoms with van der Waals surface area (Å²) < 4.78 is 5.62.